The number of carbonyl (C=O) groups is 1. The third-order valence-electron chi connectivity index (χ3n) is 2.42. The molecule has 0 aliphatic rings. The van der Waals surface area contributed by atoms with Crippen molar-refractivity contribution in [3.63, 3.8) is 0 Å². The van der Waals surface area contributed by atoms with Gasteiger partial charge in [-0.25, -0.2) is 0 Å². The number of carbonyl (C=O) groups excluding carboxylic acids is 1. The molecule has 6 nitrogen and oxygen atoms in total. The molecule has 0 fully saturated rings. The molecule has 1 aromatic rings. The number of hydrogen-bond acceptors (Lipinski definition) is 5. The highest BCUT2D eigenvalue weighted by Gasteiger charge is 2.12. The van der Waals surface area contributed by atoms with E-state index < -0.39 is 0 Å². The largest absolute Gasteiger partial charge is 0.387 e. The van der Waals surface area contributed by atoms with Crippen LogP contribution >= 0.6 is 0 Å². The van der Waals surface area contributed by atoms with E-state index in [0.717, 1.165) is 6.42 Å². The van der Waals surface area contributed by atoms with E-state index >= 15 is 0 Å². The van der Waals surface area contributed by atoms with Crippen molar-refractivity contribution in [1.29, 1.82) is 0 Å². The minimum absolute atomic E-state index is 0.0378. The van der Waals surface area contributed by atoms with E-state index in [2.05, 4.69) is 36.2 Å². The van der Waals surface area contributed by atoms with Gasteiger partial charge in [-0.15, -0.1) is 0 Å². The van der Waals surface area contributed by atoms with Gasteiger partial charge >= 0.3 is 0 Å². The van der Waals surface area contributed by atoms with Crippen LogP contribution in [-0.4, -0.2) is 27.7 Å². The first kappa shape index (κ1) is 14.6. The van der Waals surface area contributed by atoms with Gasteiger partial charge in [-0.05, 0) is 11.8 Å². The normalized spacial score (nSPS) is 11.6. The van der Waals surface area contributed by atoms with Gasteiger partial charge < -0.3 is 14.9 Å². The lowest BCUT2D eigenvalue weighted by molar-refractivity contribution is -0.121. The number of aliphatic hydroxyl groups is 1. The number of nitrogens with zero attached hydrogens (tertiary/aromatic N) is 2. The molecule has 0 atom stereocenters. The Bertz CT molecular complexity index is 382. The lowest BCUT2D eigenvalue weighted by Crippen LogP contribution is -2.26. The molecule has 0 saturated carbocycles. The maximum Gasteiger partial charge on any atom is 0.252 e. The summed E-state index contributed by atoms with van der Waals surface area (Å²) in [6.45, 7) is 6.54. The van der Waals surface area contributed by atoms with Gasteiger partial charge in [-0.1, -0.05) is 25.9 Å². The molecule has 1 rings (SSSR count). The summed E-state index contributed by atoms with van der Waals surface area (Å²) in [5.41, 5.74) is 0.168. The summed E-state index contributed by atoms with van der Waals surface area (Å²) in [5, 5.41) is 15.2. The zero-order valence-electron chi connectivity index (χ0n) is 11.2. The first-order valence-electron chi connectivity index (χ1n) is 6.10. The number of aromatic nitrogens is 2. The number of aliphatic hydroxyl groups excluding tert-OH is 1. The molecule has 0 aliphatic heterocycles. The second kappa shape index (κ2) is 6.49. The first-order valence-corrected chi connectivity index (χ1v) is 6.10. The first-order chi connectivity index (χ1) is 8.40. The minimum Gasteiger partial charge on any atom is -0.387 e. The van der Waals surface area contributed by atoms with Crippen LogP contribution in [0.2, 0.25) is 0 Å². The molecular formula is C12H21N3O3. The molecule has 6 heteroatoms. The molecule has 0 bridgehead atoms. The molecule has 0 aromatic carbocycles. The van der Waals surface area contributed by atoms with Crippen molar-refractivity contribution in [3.05, 3.63) is 11.7 Å². The van der Waals surface area contributed by atoms with Gasteiger partial charge in [0.15, 0.2) is 5.82 Å². The monoisotopic (exact) mass is 255 g/mol. The zero-order chi connectivity index (χ0) is 13.6. The fourth-order valence-corrected chi connectivity index (χ4v) is 1.35. The lowest BCUT2D eigenvalue weighted by Gasteiger charge is -2.17. The second-order valence-corrected chi connectivity index (χ2v) is 5.42. The SMILES string of the molecule is CC(C)(C)CCC(=O)NCCc1noc(CO)n1. The summed E-state index contributed by atoms with van der Waals surface area (Å²) in [6.07, 6.45) is 1.89. The average molecular weight is 255 g/mol. The Labute approximate surface area is 107 Å². The Morgan fingerprint density at radius 3 is 2.72 bits per heavy atom. The van der Waals surface area contributed by atoms with E-state index in [-0.39, 0.29) is 23.8 Å². The molecule has 102 valence electrons. The van der Waals surface area contributed by atoms with Crippen LogP contribution in [0, 0.1) is 5.41 Å². The fraction of sp³-hybridized carbons (Fsp3) is 0.750. The number of amides is 1. The van der Waals surface area contributed by atoms with E-state index in [4.69, 9.17) is 9.63 Å². The molecule has 1 heterocycles. The summed E-state index contributed by atoms with van der Waals surface area (Å²) in [7, 11) is 0. The summed E-state index contributed by atoms with van der Waals surface area (Å²) in [5.74, 6) is 0.732. The average Bonchev–Trinajstić information content (AvgIpc) is 2.73. The highest BCUT2D eigenvalue weighted by molar-refractivity contribution is 5.75. The van der Waals surface area contributed by atoms with Crippen molar-refractivity contribution < 1.29 is 14.4 Å². The van der Waals surface area contributed by atoms with Crippen LogP contribution in [0.25, 0.3) is 0 Å². The van der Waals surface area contributed by atoms with Crippen molar-refractivity contribution in [3.8, 4) is 0 Å². The van der Waals surface area contributed by atoms with E-state index in [1.807, 2.05) is 0 Å². The van der Waals surface area contributed by atoms with Gasteiger partial charge in [-0.3, -0.25) is 4.79 Å². The Hall–Kier alpha value is -1.43. The highest BCUT2D eigenvalue weighted by Crippen LogP contribution is 2.20. The molecule has 0 aliphatic carbocycles. The standard InChI is InChI=1S/C12H21N3O3/c1-12(2,3)6-4-10(17)13-7-5-9-14-11(8-16)18-15-9/h16H,4-8H2,1-3H3,(H,13,17). The van der Waals surface area contributed by atoms with Crippen molar-refractivity contribution in [2.24, 2.45) is 5.41 Å². The third-order valence-corrected chi connectivity index (χ3v) is 2.42. The van der Waals surface area contributed by atoms with E-state index in [9.17, 15) is 4.79 Å². The fourth-order valence-electron chi connectivity index (χ4n) is 1.35. The maximum absolute atomic E-state index is 11.5. The van der Waals surface area contributed by atoms with Gasteiger partial charge in [0.05, 0.1) is 0 Å². The predicted octanol–water partition coefficient (Wildman–Crippen LogP) is 1.05. The maximum atomic E-state index is 11.5. The molecule has 0 radical (unpaired) electrons. The Balaban J connectivity index is 2.19. The highest BCUT2D eigenvalue weighted by atomic mass is 16.5. The van der Waals surface area contributed by atoms with Crippen LogP contribution in [0.3, 0.4) is 0 Å². The molecular weight excluding hydrogens is 234 g/mol. The Kier molecular flexibility index (Phi) is 5.27. The summed E-state index contributed by atoms with van der Waals surface area (Å²) >= 11 is 0. The minimum atomic E-state index is -0.259. The van der Waals surface area contributed by atoms with Crippen LogP contribution < -0.4 is 5.32 Å². The predicted molar refractivity (Wildman–Crippen MR) is 65.6 cm³/mol. The summed E-state index contributed by atoms with van der Waals surface area (Å²) in [6, 6.07) is 0. The Morgan fingerprint density at radius 1 is 1.44 bits per heavy atom. The van der Waals surface area contributed by atoms with Crippen LogP contribution in [0.15, 0.2) is 4.52 Å². The molecule has 2 N–H and O–H groups in total. The molecule has 1 aromatic heterocycles. The molecule has 1 amide bonds. The number of rotatable bonds is 6. The second-order valence-electron chi connectivity index (χ2n) is 5.42. The van der Waals surface area contributed by atoms with Crippen LogP contribution in [-0.2, 0) is 17.8 Å². The molecule has 0 saturated heterocycles. The topological polar surface area (TPSA) is 88.2 Å². The summed E-state index contributed by atoms with van der Waals surface area (Å²) in [4.78, 5) is 15.5. The number of nitrogens with one attached hydrogen (secondary N) is 1. The van der Waals surface area contributed by atoms with E-state index in [0.29, 0.717) is 25.2 Å². The van der Waals surface area contributed by atoms with Crippen molar-refractivity contribution in [2.75, 3.05) is 6.54 Å². The zero-order valence-corrected chi connectivity index (χ0v) is 11.2. The molecule has 0 spiro atoms. The van der Waals surface area contributed by atoms with Gasteiger partial charge in [-0.2, -0.15) is 4.98 Å². The quantitative estimate of drug-likeness (QED) is 0.793. The van der Waals surface area contributed by atoms with Crippen LogP contribution in [0.4, 0.5) is 0 Å². The van der Waals surface area contributed by atoms with E-state index in [1.165, 1.54) is 0 Å². The lowest BCUT2D eigenvalue weighted by atomic mass is 9.90. The van der Waals surface area contributed by atoms with Crippen molar-refractivity contribution >= 4 is 5.91 Å². The summed E-state index contributed by atoms with van der Waals surface area (Å²) < 4.78 is 4.74. The van der Waals surface area contributed by atoms with Crippen molar-refractivity contribution in [2.45, 2.75) is 46.6 Å². The van der Waals surface area contributed by atoms with Gasteiger partial charge in [0.2, 0.25) is 5.91 Å². The van der Waals surface area contributed by atoms with Crippen molar-refractivity contribution in [1.82, 2.24) is 15.5 Å². The van der Waals surface area contributed by atoms with Gasteiger partial charge in [0.1, 0.15) is 6.61 Å². The van der Waals surface area contributed by atoms with Gasteiger partial charge in [0.25, 0.3) is 5.89 Å². The van der Waals surface area contributed by atoms with E-state index in [1.54, 1.807) is 0 Å². The Morgan fingerprint density at radius 2 is 2.17 bits per heavy atom. The van der Waals surface area contributed by atoms with Gasteiger partial charge in [0, 0.05) is 19.4 Å². The molecule has 0 unspecified atom stereocenters. The molecule has 18 heavy (non-hydrogen) atoms. The number of hydrogen-bond donors (Lipinski definition) is 2. The van der Waals surface area contributed by atoms with Crippen LogP contribution in [0.1, 0.15) is 45.3 Å². The third kappa shape index (κ3) is 5.77. The van der Waals surface area contributed by atoms with Crippen LogP contribution in [0.5, 0.6) is 0 Å². The smallest absolute Gasteiger partial charge is 0.252 e.